The van der Waals surface area contributed by atoms with Crippen LogP contribution in [-0.4, -0.2) is 29.8 Å². The molecule has 0 saturated carbocycles. The lowest BCUT2D eigenvalue weighted by Gasteiger charge is -2.09. The molecule has 0 amide bonds. The quantitative estimate of drug-likeness (QED) is 0.244. The molecule has 174 valence electrons. The highest BCUT2D eigenvalue weighted by molar-refractivity contribution is 5.81. The molecule has 2 aromatic carbocycles. The van der Waals surface area contributed by atoms with Crippen molar-refractivity contribution in [2.75, 3.05) is 5.43 Å². The van der Waals surface area contributed by atoms with Gasteiger partial charge in [0.05, 0.1) is 11.1 Å². The number of rotatable bonds is 8. The molecular formula is C23H23N7O4. The van der Waals surface area contributed by atoms with Crippen molar-refractivity contribution < 1.29 is 4.92 Å². The van der Waals surface area contributed by atoms with Crippen molar-refractivity contribution in [3.05, 3.63) is 96.7 Å². The lowest BCUT2D eigenvalue weighted by atomic mass is 10.1. The van der Waals surface area contributed by atoms with Crippen LogP contribution in [0.2, 0.25) is 0 Å². The van der Waals surface area contributed by atoms with Crippen molar-refractivity contribution in [1.82, 2.24) is 18.7 Å². The van der Waals surface area contributed by atoms with Crippen LogP contribution >= 0.6 is 0 Å². The van der Waals surface area contributed by atoms with E-state index in [1.807, 2.05) is 30.3 Å². The maximum atomic E-state index is 12.9. The Kier molecular flexibility index (Phi) is 6.35. The van der Waals surface area contributed by atoms with Gasteiger partial charge in [0.1, 0.15) is 0 Å². The predicted molar refractivity (Wildman–Crippen MR) is 129 cm³/mol. The normalized spacial score (nSPS) is 11.4. The Morgan fingerprint density at radius 2 is 1.85 bits per heavy atom. The van der Waals surface area contributed by atoms with Gasteiger partial charge in [0.2, 0.25) is 5.95 Å². The highest BCUT2D eigenvalue weighted by Crippen LogP contribution is 2.17. The first-order valence-corrected chi connectivity index (χ1v) is 10.6. The number of nitro benzene ring substituents is 1. The predicted octanol–water partition coefficient (Wildman–Crippen LogP) is 2.42. The number of hydrogen-bond acceptors (Lipinski definition) is 7. The van der Waals surface area contributed by atoms with Crippen molar-refractivity contribution in [1.29, 1.82) is 0 Å². The molecule has 11 nitrogen and oxygen atoms in total. The second-order valence-electron chi connectivity index (χ2n) is 7.78. The van der Waals surface area contributed by atoms with E-state index in [2.05, 4.69) is 15.5 Å². The molecule has 0 aliphatic heterocycles. The third-order valence-electron chi connectivity index (χ3n) is 5.50. The molecule has 2 heterocycles. The van der Waals surface area contributed by atoms with Crippen LogP contribution < -0.4 is 16.7 Å². The van der Waals surface area contributed by atoms with Crippen LogP contribution in [0.15, 0.2) is 69.3 Å². The van der Waals surface area contributed by atoms with Crippen molar-refractivity contribution in [2.45, 2.75) is 19.4 Å². The summed E-state index contributed by atoms with van der Waals surface area (Å²) in [6, 6.07) is 16.0. The molecule has 0 radical (unpaired) electrons. The third kappa shape index (κ3) is 4.49. The zero-order chi connectivity index (χ0) is 24.2. The molecular weight excluding hydrogens is 438 g/mol. The molecule has 0 aliphatic carbocycles. The van der Waals surface area contributed by atoms with Crippen molar-refractivity contribution in [3.8, 4) is 0 Å². The number of benzene rings is 2. The standard InChI is InChI=1S/C23H23N7O4/c1-27-20-19(21(31)28(2)23(27)32)29(13-7-11-16-8-4-3-5-9-16)22(25-20)26-24-15-17-10-6-12-18(14-17)30(33)34/h3-6,8-10,12,14-15H,7,11,13H2,1-2H3,(H,25,26)/b24-15+. The van der Waals surface area contributed by atoms with Crippen LogP contribution in [-0.2, 0) is 27.1 Å². The van der Waals surface area contributed by atoms with Gasteiger partial charge in [-0.3, -0.25) is 24.0 Å². The van der Waals surface area contributed by atoms with Gasteiger partial charge in [0.25, 0.3) is 11.2 Å². The average molecular weight is 461 g/mol. The van der Waals surface area contributed by atoms with Crippen LogP contribution in [0, 0.1) is 10.1 Å². The van der Waals surface area contributed by atoms with E-state index in [0.717, 1.165) is 17.4 Å². The second-order valence-corrected chi connectivity index (χ2v) is 7.78. The molecule has 4 aromatic rings. The van der Waals surface area contributed by atoms with E-state index in [1.165, 1.54) is 35.5 Å². The minimum atomic E-state index is -0.479. The molecule has 0 spiro atoms. The van der Waals surface area contributed by atoms with E-state index < -0.39 is 16.2 Å². The summed E-state index contributed by atoms with van der Waals surface area (Å²) in [4.78, 5) is 40.3. The number of hydrazone groups is 1. The third-order valence-corrected chi connectivity index (χ3v) is 5.50. The van der Waals surface area contributed by atoms with Crippen molar-refractivity contribution in [2.24, 2.45) is 19.2 Å². The van der Waals surface area contributed by atoms with E-state index in [4.69, 9.17) is 0 Å². The fourth-order valence-electron chi connectivity index (χ4n) is 3.72. The average Bonchev–Trinajstić information content (AvgIpc) is 3.20. The number of non-ortho nitro benzene ring substituents is 1. The summed E-state index contributed by atoms with van der Waals surface area (Å²) in [5.74, 6) is 0.294. The zero-order valence-electron chi connectivity index (χ0n) is 18.7. The largest absolute Gasteiger partial charge is 0.332 e. The molecule has 1 N–H and O–H groups in total. The molecule has 34 heavy (non-hydrogen) atoms. The van der Waals surface area contributed by atoms with Crippen LogP contribution in [0.25, 0.3) is 11.2 Å². The number of aryl methyl sites for hydroxylation is 3. The summed E-state index contributed by atoms with van der Waals surface area (Å²) in [5, 5.41) is 15.1. The molecule has 4 rings (SSSR count). The number of aromatic nitrogens is 4. The highest BCUT2D eigenvalue weighted by Gasteiger charge is 2.19. The van der Waals surface area contributed by atoms with Crippen molar-refractivity contribution in [3.63, 3.8) is 0 Å². The van der Waals surface area contributed by atoms with E-state index >= 15 is 0 Å². The maximum absolute atomic E-state index is 12.9. The number of nitro groups is 1. The maximum Gasteiger partial charge on any atom is 0.332 e. The summed E-state index contributed by atoms with van der Waals surface area (Å²) in [6.07, 6.45) is 2.95. The first-order valence-electron chi connectivity index (χ1n) is 10.6. The molecule has 2 aromatic heterocycles. The SMILES string of the molecule is Cn1c(=O)c2c(nc(N/N=C/c3cccc([N+](=O)[O-])c3)n2CCCc2ccccc2)n(C)c1=O. The van der Waals surface area contributed by atoms with E-state index in [1.54, 1.807) is 23.7 Å². The lowest BCUT2D eigenvalue weighted by Crippen LogP contribution is -2.37. The molecule has 0 fully saturated rings. The smallest absolute Gasteiger partial charge is 0.303 e. The molecule has 0 atom stereocenters. The summed E-state index contributed by atoms with van der Waals surface area (Å²) in [6.45, 7) is 0.466. The first-order chi connectivity index (χ1) is 16.4. The Balaban J connectivity index is 1.67. The Labute approximate surface area is 193 Å². The molecule has 0 bridgehead atoms. The molecule has 0 saturated heterocycles. The number of anilines is 1. The van der Waals surface area contributed by atoms with Gasteiger partial charge in [-0.1, -0.05) is 42.5 Å². The van der Waals surface area contributed by atoms with Crippen molar-refractivity contribution >= 4 is 29.0 Å². The fourth-order valence-corrected chi connectivity index (χ4v) is 3.72. The topological polar surface area (TPSA) is 129 Å². The second kappa shape index (κ2) is 9.53. The van der Waals surface area contributed by atoms with Crippen LogP contribution in [0.5, 0.6) is 0 Å². The Morgan fingerprint density at radius 3 is 2.59 bits per heavy atom. The number of nitrogens with zero attached hydrogens (tertiary/aromatic N) is 6. The first kappa shape index (κ1) is 22.6. The van der Waals surface area contributed by atoms with Gasteiger partial charge in [0.15, 0.2) is 11.2 Å². The molecule has 0 aliphatic rings. The molecule has 11 heteroatoms. The number of hydrogen-bond donors (Lipinski definition) is 1. The Morgan fingerprint density at radius 1 is 1.09 bits per heavy atom. The van der Waals surface area contributed by atoms with Gasteiger partial charge in [0, 0.05) is 38.3 Å². The number of imidazole rings is 1. The van der Waals surface area contributed by atoms with Gasteiger partial charge in [-0.25, -0.2) is 10.2 Å². The van der Waals surface area contributed by atoms with Gasteiger partial charge >= 0.3 is 5.69 Å². The van der Waals surface area contributed by atoms with Gasteiger partial charge in [-0.2, -0.15) is 10.1 Å². The number of nitrogens with one attached hydrogen (secondary N) is 1. The summed E-state index contributed by atoms with van der Waals surface area (Å²) in [7, 11) is 2.99. The van der Waals surface area contributed by atoms with E-state index in [9.17, 15) is 19.7 Å². The lowest BCUT2D eigenvalue weighted by molar-refractivity contribution is -0.384. The monoisotopic (exact) mass is 461 g/mol. The van der Waals surface area contributed by atoms with E-state index in [0.29, 0.717) is 23.6 Å². The van der Waals surface area contributed by atoms with E-state index in [-0.39, 0.29) is 11.3 Å². The summed E-state index contributed by atoms with van der Waals surface area (Å²) >= 11 is 0. The minimum Gasteiger partial charge on any atom is -0.303 e. The van der Waals surface area contributed by atoms with Gasteiger partial charge in [-0.05, 0) is 18.4 Å². The van der Waals surface area contributed by atoms with Crippen LogP contribution in [0.3, 0.4) is 0 Å². The van der Waals surface area contributed by atoms with Crippen LogP contribution in [0.1, 0.15) is 17.5 Å². The highest BCUT2D eigenvalue weighted by atomic mass is 16.6. The zero-order valence-corrected chi connectivity index (χ0v) is 18.7. The summed E-state index contributed by atoms with van der Waals surface area (Å²) < 4.78 is 4.08. The van der Waals surface area contributed by atoms with Gasteiger partial charge < -0.3 is 4.57 Å². The minimum absolute atomic E-state index is 0.0457. The number of fused-ring (bicyclic) bond motifs is 1. The Bertz CT molecular complexity index is 1500. The summed E-state index contributed by atoms with van der Waals surface area (Å²) in [5.41, 5.74) is 4.11. The van der Waals surface area contributed by atoms with Crippen LogP contribution in [0.4, 0.5) is 11.6 Å². The fraction of sp³-hybridized carbons (Fsp3) is 0.217. The Hall–Kier alpha value is -4.54. The van der Waals surface area contributed by atoms with Gasteiger partial charge in [-0.15, -0.1) is 0 Å². The molecule has 0 unspecified atom stereocenters.